The van der Waals surface area contributed by atoms with E-state index < -0.39 is 0 Å². The molecule has 1 aliphatic carbocycles. The average Bonchev–Trinajstić information content (AvgIpc) is 3.68. The van der Waals surface area contributed by atoms with Crippen LogP contribution >= 0.6 is 0 Å². The molecule has 1 aromatic carbocycles. The van der Waals surface area contributed by atoms with Crippen LogP contribution in [-0.4, -0.2) is 68.7 Å². The molecule has 0 radical (unpaired) electrons. The summed E-state index contributed by atoms with van der Waals surface area (Å²) in [6.07, 6.45) is 10.8. The number of likely N-dealkylation sites (N-methyl/N-ethyl adjacent to an activating group) is 1. The number of likely N-dealkylation sites (tertiary alicyclic amines) is 1. The number of piperidine rings is 1. The Balaban J connectivity index is 1.17. The molecular formula is C31H37N9O. The molecule has 4 aromatic rings. The molecule has 41 heavy (non-hydrogen) atoms. The lowest BCUT2D eigenvalue weighted by Gasteiger charge is -2.30. The minimum Gasteiger partial charge on any atom is -0.381 e. The molecule has 5 heterocycles. The van der Waals surface area contributed by atoms with Gasteiger partial charge in [-0.15, -0.1) is 0 Å². The SMILES string of the molecule is CN1CCCC(Nc2ccc(Nc3ncc4cc(C5CC5)c(=O)n(Cc5cncnc5C5CCNC5)c4n3)cc2)C1. The molecule has 3 N–H and O–H groups in total. The van der Waals surface area contributed by atoms with Gasteiger partial charge in [-0.2, -0.15) is 4.98 Å². The number of nitrogens with zero attached hydrogens (tertiary/aromatic N) is 6. The van der Waals surface area contributed by atoms with Crippen LogP contribution in [0.4, 0.5) is 17.3 Å². The van der Waals surface area contributed by atoms with Gasteiger partial charge < -0.3 is 20.9 Å². The Bertz CT molecular complexity index is 1590. The molecule has 3 aromatic heterocycles. The van der Waals surface area contributed by atoms with Crippen molar-refractivity contribution >= 4 is 28.4 Å². The number of aromatic nitrogens is 5. The highest BCUT2D eigenvalue weighted by atomic mass is 16.1. The topological polar surface area (TPSA) is 113 Å². The predicted octanol–water partition coefficient (Wildman–Crippen LogP) is 3.83. The van der Waals surface area contributed by atoms with Crippen LogP contribution in [0.15, 0.2) is 53.8 Å². The number of hydrogen-bond donors (Lipinski definition) is 3. The molecule has 2 aliphatic heterocycles. The molecular weight excluding hydrogens is 514 g/mol. The van der Waals surface area contributed by atoms with Crippen molar-refractivity contribution in [2.45, 2.75) is 56.5 Å². The van der Waals surface area contributed by atoms with Crippen molar-refractivity contribution in [1.29, 1.82) is 0 Å². The van der Waals surface area contributed by atoms with Gasteiger partial charge in [-0.3, -0.25) is 9.36 Å². The summed E-state index contributed by atoms with van der Waals surface area (Å²) in [5.41, 5.74) is 5.49. The Morgan fingerprint density at radius 1 is 1.02 bits per heavy atom. The van der Waals surface area contributed by atoms with Crippen LogP contribution in [0.3, 0.4) is 0 Å². The second kappa shape index (κ2) is 11.2. The molecule has 2 unspecified atom stereocenters. The number of nitrogens with one attached hydrogen (secondary N) is 3. The molecule has 0 spiro atoms. The molecule has 7 rings (SSSR count). The fraction of sp³-hybridized carbons (Fsp3) is 0.452. The molecule has 0 bridgehead atoms. The van der Waals surface area contributed by atoms with E-state index in [1.807, 2.05) is 30.6 Å². The summed E-state index contributed by atoms with van der Waals surface area (Å²) in [4.78, 5) is 34.6. The molecule has 0 amide bonds. The maximum atomic E-state index is 13.8. The van der Waals surface area contributed by atoms with E-state index in [0.29, 0.717) is 36.0 Å². The fourth-order valence-corrected chi connectivity index (χ4v) is 6.29. The molecule has 3 aliphatic rings. The summed E-state index contributed by atoms with van der Waals surface area (Å²) in [5, 5.41) is 11.3. The van der Waals surface area contributed by atoms with Crippen LogP contribution in [0, 0.1) is 0 Å². The van der Waals surface area contributed by atoms with Crippen LogP contribution in [0.2, 0.25) is 0 Å². The Hall–Kier alpha value is -3.89. The van der Waals surface area contributed by atoms with Gasteiger partial charge in [0, 0.05) is 65.3 Å². The molecule has 2 saturated heterocycles. The smallest absolute Gasteiger partial charge is 0.256 e. The van der Waals surface area contributed by atoms with E-state index in [1.165, 1.54) is 19.4 Å². The van der Waals surface area contributed by atoms with E-state index >= 15 is 0 Å². The summed E-state index contributed by atoms with van der Waals surface area (Å²) in [7, 11) is 2.18. The highest BCUT2D eigenvalue weighted by molar-refractivity contribution is 5.77. The zero-order chi connectivity index (χ0) is 27.8. The van der Waals surface area contributed by atoms with E-state index in [2.05, 4.69) is 55.0 Å². The molecule has 10 heteroatoms. The first kappa shape index (κ1) is 26.0. The maximum Gasteiger partial charge on any atom is 0.256 e. The van der Waals surface area contributed by atoms with Crippen LogP contribution in [-0.2, 0) is 6.54 Å². The maximum absolute atomic E-state index is 13.8. The fourth-order valence-electron chi connectivity index (χ4n) is 6.29. The predicted molar refractivity (Wildman–Crippen MR) is 161 cm³/mol. The van der Waals surface area contributed by atoms with E-state index in [-0.39, 0.29) is 5.56 Å². The third kappa shape index (κ3) is 5.67. The van der Waals surface area contributed by atoms with Gasteiger partial charge in [0.2, 0.25) is 5.95 Å². The lowest BCUT2D eigenvalue weighted by Crippen LogP contribution is -2.39. The van der Waals surface area contributed by atoms with E-state index in [1.54, 1.807) is 10.9 Å². The average molecular weight is 552 g/mol. The first-order chi connectivity index (χ1) is 20.1. The third-order valence-corrected chi connectivity index (χ3v) is 8.61. The molecule has 2 atom stereocenters. The van der Waals surface area contributed by atoms with E-state index in [0.717, 1.165) is 72.5 Å². The molecule has 10 nitrogen and oxygen atoms in total. The molecule has 3 fully saturated rings. The number of hydrogen-bond acceptors (Lipinski definition) is 9. The second-order valence-corrected chi connectivity index (χ2v) is 11.8. The Labute approximate surface area is 239 Å². The van der Waals surface area contributed by atoms with Gasteiger partial charge in [0.25, 0.3) is 5.56 Å². The van der Waals surface area contributed by atoms with Crippen molar-refractivity contribution in [2.75, 3.05) is 43.9 Å². The Morgan fingerprint density at radius 2 is 1.88 bits per heavy atom. The van der Waals surface area contributed by atoms with Gasteiger partial charge in [0.15, 0.2) is 0 Å². The first-order valence-electron chi connectivity index (χ1n) is 14.8. The van der Waals surface area contributed by atoms with Crippen LogP contribution < -0.4 is 21.5 Å². The van der Waals surface area contributed by atoms with Gasteiger partial charge >= 0.3 is 0 Å². The van der Waals surface area contributed by atoms with Crippen molar-refractivity contribution in [1.82, 2.24) is 34.7 Å². The number of pyridine rings is 1. The first-order valence-corrected chi connectivity index (χ1v) is 14.8. The largest absolute Gasteiger partial charge is 0.381 e. The lowest BCUT2D eigenvalue weighted by molar-refractivity contribution is 0.261. The Morgan fingerprint density at radius 3 is 2.66 bits per heavy atom. The van der Waals surface area contributed by atoms with Crippen LogP contribution in [0.1, 0.15) is 60.8 Å². The van der Waals surface area contributed by atoms with Crippen molar-refractivity contribution in [3.63, 3.8) is 0 Å². The van der Waals surface area contributed by atoms with Crippen LogP contribution in [0.5, 0.6) is 0 Å². The van der Waals surface area contributed by atoms with E-state index in [9.17, 15) is 4.79 Å². The summed E-state index contributed by atoms with van der Waals surface area (Å²) in [6.45, 7) is 4.48. The number of anilines is 3. The van der Waals surface area contributed by atoms with Crippen molar-refractivity contribution in [3.05, 3.63) is 76.2 Å². The highest BCUT2D eigenvalue weighted by Gasteiger charge is 2.29. The second-order valence-electron chi connectivity index (χ2n) is 11.8. The zero-order valence-corrected chi connectivity index (χ0v) is 23.5. The summed E-state index contributed by atoms with van der Waals surface area (Å²) >= 11 is 0. The summed E-state index contributed by atoms with van der Waals surface area (Å²) in [5.74, 6) is 1.11. The van der Waals surface area contributed by atoms with Crippen molar-refractivity contribution < 1.29 is 0 Å². The van der Waals surface area contributed by atoms with Gasteiger partial charge in [-0.25, -0.2) is 15.0 Å². The standard InChI is InChI=1S/C31H37N9O/c1-39-12-2-3-26(18-39)36-24-6-8-25(9-7-24)37-31-34-16-22-13-27(20-4-5-20)30(41)40(29(22)38-31)17-23-15-33-19-35-28(23)21-10-11-32-14-21/h6-9,13,15-16,19-21,26,32,36H,2-5,10-12,14,17-18H2,1H3,(H,34,37,38). The summed E-state index contributed by atoms with van der Waals surface area (Å²) in [6, 6.07) is 10.7. The number of benzene rings is 1. The zero-order valence-electron chi connectivity index (χ0n) is 23.5. The van der Waals surface area contributed by atoms with Crippen molar-refractivity contribution in [3.8, 4) is 0 Å². The normalized spacial score (nSPS) is 21.3. The van der Waals surface area contributed by atoms with E-state index in [4.69, 9.17) is 4.98 Å². The van der Waals surface area contributed by atoms with Gasteiger partial charge in [0.1, 0.15) is 12.0 Å². The quantitative estimate of drug-likeness (QED) is 0.301. The van der Waals surface area contributed by atoms with Gasteiger partial charge in [0.05, 0.1) is 12.2 Å². The number of rotatable bonds is 8. The monoisotopic (exact) mass is 551 g/mol. The number of fused-ring (bicyclic) bond motifs is 1. The highest BCUT2D eigenvalue weighted by Crippen LogP contribution is 2.39. The molecule has 212 valence electrons. The van der Waals surface area contributed by atoms with Crippen LogP contribution in [0.25, 0.3) is 11.0 Å². The minimum atomic E-state index is 0.0211. The molecule has 1 saturated carbocycles. The van der Waals surface area contributed by atoms with Gasteiger partial charge in [-0.05, 0) is 88.5 Å². The third-order valence-electron chi connectivity index (χ3n) is 8.61. The van der Waals surface area contributed by atoms with Crippen molar-refractivity contribution in [2.24, 2.45) is 0 Å². The lowest BCUT2D eigenvalue weighted by atomic mass is 10.00. The van der Waals surface area contributed by atoms with Gasteiger partial charge in [-0.1, -0.05) is 0 Å². The summed E-state index contributed by atoms with van der Waals surface area (Å²) < 4.78 is 1.80. The Kier molecular flexibility index (Phi) is 7.10. The minimum absolute atomic E-state index is 0.0211.